The van der Waals surface area contributed by atoms with E-state index in [0.717, 1.165) is 82.2 Å². The van der Waals surface area contributed by atoms with E-state index in [9.17, 15) is 85.5 Å². The van der Waals surface area contributed by atoms with E-state index in [0.29, 0.717) is 22.8 Å². The SMILES string of the molecule is Cc1ccnc(-n2[c-][n+](C)c3ccccc32)c1.Cc1ccnc(-n2[c-][n+](C)c3ccccc32)c1.ClCCl.ClCCl.ClCCl.F[P-](F)(F)(F)(F)F.F[P-](F)(F)(F)(F)F.Fc1c[c-]c(-c2ccccn2)c(F)c1.Fc1c[c-]c(-c2ccccn2)c(F)c1.Fc1c[c-]c(-c2ccccn2)c(F)c1.Fc1c[c-]c(-c2ccccn2)c(F)c1.[Ir+3].[Ir+3]. The number of benzene rings is 6. The summed E-state index contributed by atoms with van der Waals surface area (Å²) in [6.45, 7) is 4.13. The topological polar surface area (TPSA) is 95.0 Å². The van der Waals surface area contributed by atoms with E-state index in [4.69, 9.17) is 69.6 Å². The van der Waals surface area contributed by atoms with Gasteiger partial charge in [0, 0.05) is 83.7 Å². The third kappa shape index (κ3) is 41.4. The summed E-state index contributed by atoms with van der Waals surface area (Å²) < 4.78 is 230. The number of para-hydroxylation sites is 4. The maximum absolute atomic E-state index is 13.2. The summed E-state index contributed by atoms with van der Waals surface area (Å²) in [5.74, 6) is -3.34. The molecule has 8 aromatic heterocycles. The van der Waals surface area contributed by atoms with Crippen molar-refractivity contribution in [2.24, 2.45) is 14.1 Å². The zero-order valence-corrected chi connectivity index (χ0v) is 70.0. The monoisotopic (exact) mass is 2130 g/mol. The van der Waals surface area contributed by atoms with Gasteiger partial charge in [0.25, 0.3) is 0 Å². The zero-order valence-electron chi connectivity index (χ0n) is 58.9. The Balaban J connectivity index is 0.000000443. The Hall–Kier alpha value is -8.34. The fourth-order valence-corrected chi connectivity index (χ4v) is 8.63. The number of fused-ring (bicyclic) bond motifs is 2. The molecule has 0 saturated carbocycles. The third-order valence-electron chi connectivity index (χ3n) is 12.8. The first-order valence-corrected chi connectivity index (χ1v) is 38.3. The van der Waals surface area contributed by atoms with Crippen LogP contribution < -0.4 is 9.13 Å². The van der Waals surface area contributed by atoms with Crippen molar-refractivity contribution in [2.45, 2.75) is 13.8 Å². The minimum absolute atomic E-state index is 0. The first-order chi connectivity index (χ1) is 52.7. The Kier molecular flexibility index (Phi) is 41.1. The molecule has 0 unspecified atom stereocenters. The Morgan fingerprint density at radius 2 is 0.539 bits per heavy atom. The average Bonchev–Trinajstić information content (AvgIpc) is 1.19. The van der Waals surface area contributed by atoms with E-state index in [-0.39, 0.29) is 78.5 Å². The molecule has 0 aliphatic rings. The second-order valence-electron chi connectivity index (χ2n) is 21.6. The van der Waals surface area contributed by atoms with Crippen molar-refractivity contribution in [1.29, 1.82) is 0 Å². The molecule has 8 heterocycles. The van der Waals surface area contributed by atoms with Gasteiger partial charge in [-0.2, -0.15) is 0 Å². The summed E-state index contributed by atoms with van der Waals surface area (Å²) in [4.78, 5) is 24.6. The van der Waals surface area contributed by atoms with Crippen LogP contribution in [-0.2, 0) is 54.3 Å². The van der Waals surface area contributed by atoms with Gasteiger partial charge in [-0.05, 0) is 85.2 Å². The molecule has 14 aromatic rings. The fourth-order valence-electron chi connectivity index (χ4n) is 8.63. The van der Waals surface area contributed by atoms with Crippen LogP contribution in [0.2, 0.25) is 0 Å². The van der Waals surface area contributed by atoms with Crippen LogP contribution in [0.5, 0.6) is 0 Å². The van der Waals surface area contributed by atoms with Gasteiger partial charge < -0.3 is 38.2 Å². The number of aryl methyl sites for hydroxylation is 4. The van der Waals surface area contributed by atoms with Gasteiger partial charge in [0.05, 0.1) is 52.2 Å². The minimum Gasteiger partial charge on any atom is -0.305 e. The van der Waals surface area contributed by atoms with Crippen LogP contribution in [0.4, 0.5) is 85.5 Å². The molecule has 0 aliphatic heterocycles. The van der Waals surface area contributed by atoms with Crippen LogP contribution in [-0.4, -0.2) is 55.1 Å². The molecule has 0 spiro atoms. The molecule has 0 amide bonds. The van der Waals surface area contributed by atoms with E-state index in [1.54, 1.807) is 97.6 Å². The molecule has 40 heteroatoms. The summed E-state index contributed by atoms with van der Waals surface area (Å²) >= 11 is 28.6. The Labute approximate surface area is 702 Å². The minimum atomic E-state index is -10.7. The Morgan fingerprint density at radius 3 is 0.739 bits per heavy atom. The van der Waals surface area contributed by atoms with Gasteiger partial charge in [-0.25, -0.2) is 0 Å². The molecule has 0 saturated heterocycles. The van der Waals surface area contributed by atoms with Crippen molar-refractivity contribution in [3.8, 4) is 56.7 Å². The van der Waals surface area contributed by atoms with Crippen molar-refractivity contribution in [3.63, 3.8) is 0 Å². The Bertz CT molecular complexity index is 4770. The van der Waals surface area contributed by atoms with Crippen molar-refractivity contribution >= 4 is 107 Å². The summed E-state index contributed by atoms with van der Waals surface area (Å²) in [5.41, 5.74) is 9.48. The number of pyridine rings is 6. The van der Waals surface area contributed by atoms with Crippen molar-refractivity contribution in [3.05, 3.63) is 326 Å². The number of rotatable bonds is 6. The van der Waals surface area contributed by atoms with Crippen LogP contribution in [0.1, 0.15) is 11.1 Å². The molecule has 0 aliphatic carbocycles. The summed E-state index contributed by atoms with van der Waals surface area (Å²) in [5, 5.41) is 0.583. The van der Waals surface area contributed by atoms with E-state index < -0.39 is 62.2 Å². The number of aromatic nitrogens is 10. The second kappa shape index (κ2) is 46.0. The maximum atomic E-state index is 13.2. The van der Waals surface area contributed by atoms with Crippen LogP contribution in [0, 0.1) is 97.3 Å². The molecule has 0 fully saturated rings. The van der Waals surface area contributed by atoms with Crippen LogP contribution >= 0.6 is 85.2 Å². The van der Waals surface area contributed by atoms with Crippen LogP contribution in [0.25, 0.3) is 78.7 Å². The Morgan fingerprint density at radius 1 is 0.322 bits per heavy atom. The van der Waals surface area contributed by atoms with Crippen LogP contribution in [0.3, 0.4) is 0 Å². The van der Waals surface area contributed by atoms with Gasteiger partial charge in [-0.15, -0.1) is 118 Å². The summed E-state index contributed by atoms with van der Waals surface area (Å²) in [7, 11) is -17.3. The smallest absolute Gasteiger partial charge is 0.305 e. The number of halogens is 26. The second-order valence-corrected chi connectivity index (χ2v) is 27.8. The summed E-state index contributed by atoms with van der Waals surface area (Å²) in [6, 6.07) is 62.7. The molecule has 0 atom stereocenters. The van der Waals surface area contributed by atoms with Crippen molar-refractivity contribution in [1.82, 2.24) is 39.0 Å². The van der Waals surface area contributed by atoms with E-state index in [1.165, 1.54) is 11.1 Å². The van der Waals surface area contributed by atoms with Gasteiger partial charge in [-0.3, -0.25) is 45.1 Å². The van der Waals surface area contributed by atoms with Gasteiger partial charge in [0.2, 0.25) is 12.7 Å². The number of imidazole rings is 2. The van der Waals surface area contributed by atoms with E-state index in [2.05, 4.69) is 117 Å². The van der Waals surface area contributed by atoms with Crippen molar-refractivity contribution < 1.29 is 135 Å². The van der Waals surface area contributed by atoms with Crippen molar-refractivity contribution in [2.75, 3.05) is 16.0 Å². The molecule has 10 nitrogen and oxygen atoms in total. The standard InChI is InChI=1S/2C14H13N3.4C11H6F2N.3CH2Cl2.2F6P.2Ir/c2*1-11-7-8-15-14(9-11)17-10-16(2)12-5-3-4-6-13(12)17;4*12-8-4-5-9(10(13)7-8)11-3-1-2-6-14-11;3*2-1-3;2*1-7(2,3,4,5)6;;/h2*3-9H,1-2H3;4*1-4,6-7H;3*1H2;;;;/q;;4*-1;;;;2*-1;2*+3. The summed E-state index contributed by atoms with van der Waals surface area (Å²) in [6.07, 6.45) is 16.4. The number of nitrogens with zero attached hydrogens (tertiary/aromatic N) is 10. The molecular weight excluding hydrogens is 2080 g/mol. The third-order valence-corrected chi connectivity index (χ3v) is 12.8. The average molecular weight is 2140 g/mol. The predicted molar refractivity (Wildman–Crippen MR) is 402 cm³/mol. The van der Waals surface area contributed by atoms with Gasteiger partial charge in [-0.1, -0.05) is 155 Å². The maximum Gasteiger partial charge on any atom is 3.00 e. The first kappa shape index (κ1) is 103. The molecule has 616 valence electrons. The normalized spacial score (nSPS) is 11.5. The molecule has 0 radical (unpaired) electrons. The van der Waals surface area contributed by atoms with Crippen LogP contribution in [0.15, 0.2) is 231 Å². The zero-order chi connectivity index (χ0) is 84.5. The predicted octanol–water partition coefficient (Wildman–Crippen LogP) is 26.2. The largest absolute Gasteiger partial charge is 3.00 e. The number of hydrogen-bond acceptors (Lipinski definition) is 6. The fraction of sp³-hybridized carbons (Fsp3) is 0.0933. The van der Waals surface area contributed by atoms with Gasteiger partial charge in [0.1, 0.15) is 11.6 Å². The molecule has 0 N–H and O–H groups in total. The van der Waals surface area contributed by atoms with E-state index >= 15 is 0 Å². The molecule has 14 rings (SSSR count). The van der Waals surface area contributed by atoms with Gasteiger partial charge >= 0.3 is 106 Å². The molecule has 6 aromatic carbocycles. The molecule has 0 bridgehead atoms. The molecule has 115 heavy (non-hydrogen) atoms. The number of hydrogen-bond donors (Lipinski definition) is 0. The van der Waals surface area contributed by atoms with Gasteiger partial charge in [0.15, 0.2) is 0 Å². The first-order valence-electron chi connectivity index (χ1n) is 31.0. The van der Waals surface area contributed by atoms with E-state index in [1.807, 2.05) is 81.2 Å². The molecular formula is C75H56Cl6F20Ir2N10P2. The number of alkyl halides is 6. The quantitative estimate of drug-likeness (QED) is 0.0541.